The predicted molar refractivity (Wildman–Crippen MR) is 78.7 cm³/mol. The van der Waals surface area contributed by atoms with Gasteiger partial charge in [-0.05, 0) is 6.42 Å². The number of carbonyl (C=O) groups is 2. The van der Waals surface area contributed by atoms with Gasteiger partial charge in [-0.25, -0.2) is 0 Å². The Balaban J connectivity index is 1.58. The molecule has 0 bridgehead atoms. The molecule has 4 fully saturated rings. The molecule has 0 spiro atoms. The Hall–Kier alpha value is -1.18. The van der Waals surface area contributed by atoms with Crippen molar-refractivity contribution in [3.63, 3.8) is 0 Å². The summed E-state index contributed by atoms with van der Waals surface area (Å²) in [5.74, 6) is -0.393. The normalized spacial score (nSPS) is 36.1. The molecule has 0 aromatic rings. The lowest BCUT2D eigenvalue weighted by Gasteiger charge is -2.62. The van der Waals surface area contributed by atoms with Crippen LogP contribution in [0.15, 0.2) is 0 Å². The molecule has 1 unspecified atom stereocenters. The first-order chi connectivity index (χ1) is 10.7. The summed E-state index contributed by atoms with van der Waals surface area (Å²) < 4.78 is 4.76. The molecule has 4 heterocycles. The van der Waals surface area contributed by atoms with Crippen molar-refractivity contribution in [2.45, 2.75) is 25.2 Å². The Bertz CT molecular complexity index is 479. The predicted octanol–water partition coefficient (Wildman–Crippen LogP) is -1.00. The van der Waals surface area contributed by atoms with Gasteiger partial charge in [0.15, 0.2) is 0 Å². The maximum absolute atomic E-state index is 12.8. The minimum Gasteiger partial charge on any atom is -0.469 e. The van der Waals surface area contributed by atoms with Crippen LogP contribution in [0.4, 0.5) is 0 Å². The van der Waals surface area contributed by atoms with Crippen LogP contribution >= 0.6 is 0 Å². The summed E-state index contributed by atoms with van der Waals surface area (Å²) >= 11 is 0. The van der Waals surface area contributed by atoms with Crippen molar-refractivity contribution in [2.75, 3.05) is 52.9 Å². The Kier molecular flexibility index (Phi) is 3.58. The average Bonchev–Trinajstić information content (AvgIpc) is 2.55. The van der Waals surface area contributed by atoms with Crippen LogP contribution in [0.5, 0.6) is 0 Å². The molecule has 4 aliphatic rings. The molecule has 0 radical (unpaired) electrons. The van der Waals surface area contributed by atoms with E-state index in [9.17, 15) is 9.59 Å². The van der Waals surface area contributed by atoms with Crippen LogP contribution in [0.2, 0.25) is 0 Å². The molecule has 3 atom stereocenters. The van der Waals surface area contributed by atoms with E-state index in [4.69, 9.17) is 4.74 Å². The maximum atomic E-state index is 12.8. The number of esters is 1. The fourth-order valence-corrected chi connectivity index (χ4v) is 4.61. The van der Waals surface area contributed by atoms with Gasteiger partial charge in [0.2, 0.25) is 5.91 Å². The van der Waals surface area contributed by atoms with E-state index in [-0.39, 0.29) is 30.4 Å². The zero-order chi connectivity index (χ0) is 15.3. The molecule has 0 aliphatic carbocycles. The minimum absolute atomic E-state index is 0.138. The summed E-state index contributed by atoms with van der Waals surface area (Å²) in [6, 6.07) is 0. The van der Waals surface area contributed by atoms with E-state index in [1.54, 1.807) is 0 Å². The number of hydrogen-bond donors (Lipinski definition) is 0. The van der Waals surface area contributed by atoms with E-state index in [1.807, 2.05) is 4.90 Å². The molecule has 0 aromatic carbocycles. The van der Waals surface area contributed by atoms with E-state index < -0.39 is 0 Å². The van der Waals surface area contributed by atoms with Gasteiger partial charge >= 0.3 is 5.97 Å². The van der Waals surface area contributed by atoms with E-state index in [0.717, 1.165) is 39.3 Å². The highest BCUT2D eigenvalue weighted by atomic mass is 16.5. The molecule has 22 heavy (non-hydrogen) atoms. The summed E-state index contributed by atoms with van der Waals surface area (Å²) in [6.07, 6.45) is 1.94. The van der Waals surface area contributed by atoms with Crippen LogP contribution in [-0.2, 0) is 14.3 Å². The van der Waals surface area contributed by atoms with Crippen LogP contribution in [0.3, 0.4) is 0 Å². The van der Waals surface area contributed by atoms with Gasteiger partial charge in [0.25, 0.3) is 0 Å². The second-order valence-electron chi connectivity index (χ2n) is 6.76. The summed E-state index contributed by atoms with van der Waals surface area (Å²) in [4.78, 5) is 33.9. The largest absolute Gasteiger partial charge is 0.469 e. The first-order valence-corrected chi connectivity index (χ1v) is 8.28. The number of nitrogens with zero attached hydrogens (tertiary/aromatic N) is 4. The first kappa shape index (κ1) is 14.4. The van der Waals surface area contributed by atoms with E-state index in [1.165, 1.54) is 13.5 Å². The van der Waals surface area contributed by atoms with Crippen molar-refractivity contribution in [3.05, 3.63) is 0 Å². The monoisotopic (exact) mass is 308 g/mol. The molecule has 122 valence electrons. The quantitative estimate of drug-likeness (QED) is 0.610. The molecular formula is C15H24N4O3. The van der Waals surface area contributed by atoms with Crippen molar-refractivity contribution < 1.29 is 14.3 Å². The Morgan fingerprint density at radius 1 is 1.05 bits per heavy atom. The van der Waals surface area contributed by atoms with Crippen molar-refractivity contribution >= 4 is 11.9 Å². The fourth-order valence-electron chi connectivity index (χ4n) is 4.61. The smallest absolute Gasteiger partial charge is 0.306 e. The molecule has 0 N–H and O–H groups in total. The lowest BCUT2D eigenvalue weighted by atomic mass is 9.93. The standard InChI is InChI=1S/C15H24N4O3/c1-22-12(20)9-11-10-18-6-5-16-3-2-4-17-7-8-19(15(11)21)14(18)13(16)17/h11,13-14H,2-10H2,1H3/t11?,13-,14+/m0/s1. The van der Waals surface area contributed by atoms with Crippen molar-refractivity contribution in [1.82, 2.24) is 19.6 Å². The van der Waals surface area contributed by atoms with E-state index in [0.29, 0.717) is 12.7 Å². The first-order valence-electron chi connectivity index (χ1n) is 8.28. The molecule has 4 saturated heterocycles. The van der Waals surface area contributed by atoms with Crippen LogP contribution < -0.4 is 0 Å². The lowest BCUT2D eigenvalue weighted by Crippen LogP contribution is -2.79. The topological polar surface area (TPSA) is 56.3 Å². The van der Waals surface area contributed by atoms with Crippen LogP contribution in [0.25, 0.3) is 0 Å². The van der Waals surface area contributed by atoms with Crippen LogP contribution in [-0.4, -0.2) is 96.7 Å². The third-order valence-corrected chi connectivity index (χ3v) is 5.63. The number of amides is 1. The Labute approximate surface area is 130 Å². The van der Waals surface area contributed by atoms with Crippen LogP contribution in [0.1, 0.15) is 12.8 Å². The second kappa shape index (κ2) is 5.47. The summed E-state index contributed by atoms with van der Waals surface area (Å²) in [6.45, 7) is 6.73. The molecule has 0 saturated carbocycles. The maximum Gasteiger partial charge on any atom is 0.306 e. The van der Waals surface area contributed by atoms with Gasteiger partial charge in [0.05, 0.1) is 25.6 Å². The van der Waals surface area contributed by atoms with Crippen molar-refractivity contribution in [1.29, 1.82) is 0 Å². The van der Waals surface area contributed by atoms with Gasteiger partial charge in [-0.2, -0.15) is 0 Å². The van der Waals surface area contributed by atoms with Crippen molar-refractivity contribution in [3.8, 4) is 0 Å². The minimum atomic E-state index is -0.285. The summed E-state index contributed by atoms with van der Waals surface area (Å²) in [5.41, 5.74) is 0. The molecule has 7 nitrogen and oxygen atoms in total. The third-order valence-electron chi connectivity index (χ3n) is 5.63. The van der Waals surface area contributed by atoms with E-state index >= 15 is 0 Å². The van der Waals surface area contributed by atoms with Gasteiger partial charge in [0, 0.05) is 45.8 Å². The molecule has 1 amide bonds. The second-order valence-corrected chi connectivity index (χ2v) is 6.76. The molecular weight excluding hydrogens is 284 g/mol. The number of ether oxygens (including phenoxy) is 1. The van der Waals surface area contributed by atoms with Gasteiger partial charge in [-0.1, -0.05) is 0 Å². The lowest BCUT2D eigenvalue weighted by molar-refractivity contribution is -0.199. The molecule has 4 rings (SSSR count). The van der Waals surface area contributed by atoms with Gasteiger partial charge in [-0.15, -0.1) is 0 Å². The fraction of sp³-hybridized carbons (Fsp3) is 0.867. The number of methoxy groups -OCH3 is 1. The number of hydrogen-bond acceptors (Lipinski definition) is 6. The van der Waals surface area contributed by atoms with Crippen molar-refractivity contribution in [2.24, 2.45) is 5.92 Å². The molecule has 4 aliphatic heterocycles. The van der Waals surface area contributed by atoms with Gasteiger partial charge < -0.3 is 9.64 Å². The molecule has 7 heteroatoms. The highest BCUT2D eigenvalue weighted by Gasteiger charge is 2.52. The average molecular weight is 308 g/mol. The third kappa shape index (κ3) is 2.14. The zero-order valence-electron chi connectivity index (χ0n) is 13.1. The Morgan fingerprint density at radius 2 is 1.73 bits per heavy atom. The number of carbonyl (C=O) groups excluding carboxylic acids is 2. The van der Waals surface area contributed by atoms with Gasteiger partial charge in [0.1, 0.15) is 6.17 Å². The SMILES string of the molecule is COC(=O)CC1CN2CCN3CCCN4CCN(C1=O)[C@@H]2[C@@H]34. The number of piperazine rings is 2. The summed E-state index contributed by atoms with van der Waals surface area (Å²) in [7, 11) is 1.39. The summed E-state index contributed by atoms with van der Waals surface area (Å²) in [5, 5.41) is 0. The van der Waals surface area contributed by atoms with Gasteiger partial charge in [-0.3, -0.25) is 24.3 Å². The van der Waals surface area contributed by atoms with Crippen LogP contribution in [0, 0.1) is 5.92 Å². The van der Waals surface area contributed by atoms with E-state index in [2.05, 4.69) is 14.7 Å². The highest BCUT2D eigenvalue weighted by Crippen LogP contribution is 2.34. The highest BCUT2D eigenvalue weighted by molar-refractivity contribution is 5.85. The zero-order valence-corrected chi connectivity index (χ0v) is 13.1. The molecule has 0 aromatic heterocycles. The number of rotatable bonds is 2. The Morgan fingerprint density at radius 3 is 2.45 bits per heavy atom.